The quantitative estimate of drug-likeness (QED) is 0.530. The van der Waals surface area contributed by atoms with E-state index in [0.717, 1.165) is 41.5 Å². The number of hydrogen-bond acceptors (Lipinski definition) is 7. The fourth-order valence-corrected chi connectivity index (χ4v) is 6.28. The molecule has 0 fully saturated rings. The zero-order valence-electron chi connectivity index (χ0n) is 19.7. The van der Waals surface area contributed by atoms with Gasteiger partial charge >= 0.3 is 0 Å². The molecule has 2 aromatic carbocycles. The van der Waals surface area contributed by atoms with Gasteiger partial charge in [0.15, 0.2) is 5.82 Å². The molecule has 9 heteroatoms. The van der Waals surface area contributed by atoms with Crippen LogP contribution in [-0.2, 0) is 22.6 Å². The predicted octanol–water partition coefficient (Wildman–Crippen LogP) is 4.91. The van der Waals surface area contributed by atoms with Crippen molar-refractivity contribution in [1.82, 2.24) is 15.3 Å². The van der Waals surface area contributed by atoms with E-state index >= 15 is 0 Å². The van der Waals surface area contributed by atoms with Gasteiger partial charge in [-0.05, 0) is 55.3 Å². The Kier molecular flexibility index (Phi) is 6.00. The molecule has 2 N–H and O–H groups in total. The summed E-state index contributed by atoms with van der Waals surface area (Å²) in [5, 5.41) is 6.95. The first-order valence-corrected chi connectivity index (χ1v) is 12.9. The summed E-state index contributed by atoms with van der Waals surface area (Å²) in [5.74, 6) is 1.64. The molecule has 0 radical (unpaired) electrons. The van der Waals surface area contributed by atoms with Gasteiger partial charge in [-0.15, -0.1) is 0 Å². The molecule has 0 spiro atoms. The van der Waals surface area contributed by atoms with E-state index in [9.17, 15) is 4.21 Å². The summed E-state index contributed by atoms with van der Waals surface area (Å²) in [5.41, 5.74) is 4.19. The van der Waals surface area contributed by atoms with Gasteiger partial charge in [-0.25, -0.2) is 4.98 Å². The van der Waals surface area contributed by atoms with E-state index in [0.29, 0.717) is 16.8 Å². The Labute approximate surface area is 207 Å². The largest absolute Gasteiger partial charge is 0.495 e. The van der Waals surface area contributed by atoms with Crippen LogP contribution in [0.4, 0.5) is 23.1 Å². The van der Waals surface area contributed by atoms with Gasteiger partial charge < -0.3 is 20.3 Å². The molecule has 2 aliphatic heterocycles. The lowest BCUT2D eigenvalue weighted by Gasteiger charge is -2.27. The Morgan fingerprint density at radius 2 is 2.09 bits per heavy atom. The fourth-order valence-electron chi connectivity index (χ4n) is 4.74. The molecule has 34 heavy (non-hydrogen) atoms. The van der Waals surface area contributed by atoms with Gasteiger partial charge in [-0.3, -0.25) is 4.21 Å². The van der Waals surface area contributed by atoms with Crippen molar-refractivity contribution in [1.29, 1.82) is 0 Å². The Morgan fingerprint density at radius 3 is 2.88 bits per heavy atom. The van der Waals surface area contributed by atoms with Gasteiger partial charge in [0.25, 0.3) is 0 Å². The zero-order chi connectivity index (χ0) is 24.0. The molecule has 1 aromatic heterocycles. The number of aromatic nitrogens is 2. The summed E-state index contributed by atoms with van der Waals surface area (Å²) < 4.78 is 18.6. The minimum Gasteiger partial charge on any atom is -0.495 e. The number of ether oxygens (including phenoxy) is 1. The summed E-state index contributed by atoms with van der Waals surface area (Å²) in [6.07, 6.45) is 2.50. The number of nitrogens with zero attached hydrogens (tertiary/aromatic N) is 3. The molecular formula is C25H28ClN5O2S. The maximum Gasteiger partial charge on any atom is 0.229 e. The van der Waals surface area contributed by atoms with Crippen molar-refractivity contribution >= 4 is 45.5 Å². The molecule has 0 amide bonds. The van der Waals surface area contributed by atoms with E-state index in [-0.39, 0.29) is 10.8 Å². The Morgan fingerprint density at radius 1 is 1.29 bits per heavy atom. The smallest absolute Gasteiger partial charge is 0.229 e. The number of fused-ring (bicyclic) bond motifs is 2. The third kappa shape index (κ3) is 3.93. The monoisotopic (exact) mass is 497 g/mol. The van der Waals surface area contributed by atoms with Crippen molar-refractivity contribution in [2.45, 2.75) is 42.9 Å². The number of para-hydroxylation sites is 1. The van der Waals surface area contributed by atoms with Gasteiger partial charge in [-0.1, -0.05) is 37.6 Å². The van der Waals surface area contributed by atoms with E-state index in [1.54, 1.807) is 13.3 Å². The number of anilines is 4. The molecule has 0 saturated heterocycles. The van der Waals surface area contributed by atoms with Gasteiger partial charge in [0.05, 0.1) is 40.4 Å². The second kappa shape index (κ2) is 8.83. The van der Waals surface area contributed by atoms with E-state index in [2.05, 4.69) is 41.6 Å². The Balaban J connectivity index is 1.54. The third-order valence-electron chi connectivity index (χ3n) is 6.51. The van der Waals surface area contributed by atoms with Crippen LogP contribution in [0, 0.1) is 0 Å². The van der Waals surface area contributed by atoms with Crippen LogP contribution in [0.25, 0.3) is 0 Å². The number of halogens is 1. The van der Waals surface area contributed by atoms with E-state index in [4.69, 9.17) is 21.3 Å². The molecule has 2 aliphatic rings. The second-order valence-corrected chi connectivity index (χ2v) is 11.4. The highest BCUT2D eigenvalue weighted by atomic mass is 35.5. The molecule has 0 bridgehead atoms. The fraction of sp³-hybridized carbons (Fsp3) is 0.360. The lowest BCUT2D eigenvalue weighted by molar-refractivity contribution is 0.413. The molecule has 7 nitrogen and oxygen atoms in total. The molecule has 3 aromatic rings. The molecule has 178 valence electrons. The molecular weight excluding hydrogens is 470 g/mol. The van der Waals surface area contributed by atoms with Gasteiger partial charge in [-0.2, -0.15) is 4.98 Å². The Bertz CT molecular complexity index is 1280. The highest BCUT2D eigenvalue weighted by Crippen LogP contribution is 2.43. The maximum absolute atomic E-state index is 12.9. The van der Waals surface area contributed by atoms with Crippen LogP contribution in [-0.4, -0.2) is 39.8 Å². The van der Waals surface area contributed by atoms with Crippen LogP contribution in [0.5, 0.6) is 5.75 Å². The summed E-state index contributed by atoms with van der Waals surface area (Å²) in [4.78, 5) is 11.9. The molecule has 2 atom stereocenters. The van der Waals surface area contributed by atoms with Crippen molar-refractivity contribution in [3.05, 3.63) is 58.7 Å². The van der Waals surface area contributed by atoms with Crippen LogP contribution in [0.15, 0.2) is 47.5 Å². The first-order valence-electron chi connectivity index (χ1n) is 11.3. The molecule has 0 aliphatic carbocycles. The van der Waals surface area contributed by atoms with Crippen molar-refractivity contribution in [3.63, 3.8) is 0 Å². The van der Waals surface area contributed by atoms with Crippen molar-refractivity contribution in [2.75, 3.05) is 30.4 Å². The summed E-state index contributed by atoms with van der Waals surface area (Å²) >= 11 is 6.54. The summed E-state index contributed by atoms with van der Waals surface area (Å²) in [6, 6.07) is 11.9. The number of nitrogens with one attached hydrogen (secondary N) is 2. The van der Waals surface area contributed by atoms with Crippen molar-refractivity contribution < 1.29 is 8.95 Å². The normalized spacial score (nSPS) is 20.9. The van der Waals surface area contributed by atoms with E-state index < -0.39 is 10.8 Å². The van der Waals surface area contributed by atoms with E-state index in [1.807, 2.05) is 36.1 Å². The number of rotatable bonds is 4. The SMILES string of the molecule is COc1cc2c(cc1Nc1ncc(Cl)c(N3c4ccccc4S(=O)C3C)n1)CCNCC2(C)C. The average Bonchev–Trinajstić information content (AvgIpc) is 2.97. The lowest BCUT2D eigenvalue weighted by Crippen LogP contribution is -2.31. The average molecular weight is 498 g/mol. The number of benzene rings is 2. The van der Waals surface area contributed by atoms with Gasteiger partial charge in [0, 0.05) is 12.0 Å². The van der Waals surface area contributed by atoms with Crippen LogP contribution in [0.3, 0.4) is 0 Å². The van der Waals surface area contributed by atoms with E-state index in [1.165, 1.54) is 11.1 Å². The minimum absolute atomic E-state index is 0.00346. The first-order chi connectivity index (χ1) is 16.3. The topological polar surface area (TPSA) is 79.4 Å². The third-order valence-corrected chi connectivity index (χ3v) is 8.38. The van der Waals surface area contributed by atoms with Crippen LogP contribution in [0.1, 0.15) is 31.9 Å². The minimum atomic E-state index is -1.18. The van der Waals surface area contributed by atoms with Crippen LogP contribution < -0.4 is 20.3 Å². The number of hydrogen-bond donors (Lipinski definition) is 2. The summed E-state index contributed by atoms with van der Waals surface area (Å²) in [6.45, 7) is 8.23. The predicted molar refractivity (Wildman–Crippen MR) is 137 cm³/mol. The molecule has 5 rings (SSSR count). The first kappa shape index (κ1) is 23.1. The van der Waals surface area contributed by atoms with Gasteiger partial charge in [0.1, 0.15) is 16.1 Å². The van der Waals surface area contributed by atoms with Crippen molar-refractivity contribution in [2.24, 2.45) is 0 Å². The van der Waals surface area contributed by atoms with Crippen LogP contribution >= 0.6 is 11.6 Å². The Hall–Kier alpha value is -2.68. The maximum atomic E-state index is 12.9. The molecule has 3 heterocycles. The highest BCUT2D eigenvalue weighted by molar-refractivity contribution is 7.86. The second-order valence-electron chi connectivity index (χ2n) is 9.24. The number of methoxy groups -OCH3 is 1. The lowest BCUT2D eigenvalue weighted by atomic mass is 9.81. The molecule has 2 unspecified atom stereocenters. The van der Waals surface area contributed by atoms with Gasteiger partial charge in [0.2, 0.25) is 5.95 Å². The molecule has 0 saturated carbocycles. The standard InChI is InChI=1S/C25H28ClN5O2S/c1-15-31(20-7-5-6-8-22(20)34(15)32)23-18(26)13-28-24(30-23)29-19-11-16-9-10-27-14-25(2,3)17(16)12-21(19)33-4/h5-8,11-13,15,27H,9-10,14H2,1-4H3,(H,28,29,30). The zero-order valence-corrected chi connectivity index (χ0v) is 21.3. The van der Waals surface area contributed by atoms with Crippen LogP contribution in [0.2, 0.25) is 5.02 Å². The summed E-state index contributed by atoms with van der Waals surface area (Å²) in [7, 11) is 0.487. The highest BCUT2D eigenvalue weighted by Gasteiger charge is 2.36. The van der Waals surface area contributed by atoms with Crippen molar-refractivity contribution in [3.8, 4) is 5.75 Å².